The summed E-state index contributed by atoms with van der Waals surface area (Å²) in [5, 5.41) is 5.23. The number of rotatable bonds is 3. The molecule has 2 rings (SSSR count). The molecule has 1 unspecified atom stereocenters. The van der Waals surface area contributed by atoms with Crippen molar-refractivity contribution < 1.29 is 17.9 Å². The van der Waals surface area contributed by atoms with Crippen LogP contribution in [0.3, 0.4) is 0 Å². The van der Waals surface area contributed by atoms with E-state index < -0.39 is 10.0 Å². The van der Waals surface area contributed by atoms with Crippen molar-refractivity contribution in [2.45, 2.75) is 24.2 Å². The topological polar surface area (TPSA) is 91.4 Å². The van der Waals surface area contributed by atoms with Crippen LogP contribution in [0.5, 0.6) is 0 Å². The van der Waals surface area contributed by atoms with Crippen molar-refractivity contribution in [3.63, 3.8) is 0 Å². The first-order valence-corrected chi connectivity index (χ1v) is 10.4. The number of carbonyl (C=O) groups is 1. The third kappa shape index (κ3) is 2.93. The fourth-order valence-corrected chi connectivity index (χ4v) is 4.70. The van der Waals surface area contributed by atoms with Gasteiger partial charge in [0.25, 0.3) is 0 Å². The molecule has 1 heterocycles. The Labute approximate surface area is 127 Å². The quantitative estimate of drug-likeness (QED) is 0.592. The van der Waals surface area contributed by atoms with E-state index in [1.165, 1.54) is 22.4 Å². The predicted molar refractivity (Wildman–Crippen MR) is 80.3 cm³/mol. The number of esters is 1. The van der Waals surface area contributed by atoms with E-state index in [0.29, 0.717) is 19.3 Å². The van der Waals surface area contributed by atoms with Gasteiger partial charge in [-0.15, -0.1) is 0 Å². The molecule has 6 nitrogen and oxygen atoms in total. The lowest BCUT2D eigenvalue weighted by atomic mass is 9.88. The summed E-state index contributed by atoms with van der Waals surface area (Å²) in [7, 11) is -1.01. The van der Waals surface area contributed by atoms with Crippen LogP contribution in [0, 0.1) is 5.92 Å². The second kappa shape index (κ2) is 5.62. The van der Waals surface area contributed by atoms with Crippen LogP contribution >= 0.6 is 30.3 Å². The molecule has 0 aliphatic heterocycles. The lowest BCUT2D eigenvalue weighted by molar-refractivity contribution is -0.145. The van der Waals surface area contributed by atoms with Crippen molar-refractivity contribution in [1.29, 1.82) is 0 Å². The molecular weight excluding hydrogens is 403 g/mol. The number of hydrogen-bond donors (Lipinski definition) is 1. The van der Waals surface area contributed by atoms with E-state index in [-0.39, 0.29) is 16.8 Å². The Hall–Kier alpha value is -0.260. The van der Waals surface area contributed by atoms with Crippen molar-refractivity contribution in [3.05, 3.63) is 17.5 Å². The highest BCUT2D eigenvalue weighted by atomic mass is 127. The third-order valence-corrected chi connectivity index (χ3v) is 5.96. The minimum atomic E-state index is -3.73. The summed E-state index contributed by atoms with van der Waals surface area (Å²) in [4.78, 5) is 11.8. The highest BCUT2D eigenvalue weighted by Crippen LogP contribution is 2.35. The highest BCUT2D eigenvalue weighted by Gasteiger charge is 2.32. The molecule has 0 amide bonds. The van der Waals surface area contributed by atoms with Crippen LogP contribution in [0.15, 0.2) is 11.1 Å². The van der Waals surface area contributed by atoms with Gasteiger partial charge in [-0.25, -0.2) is 13.6 Å². The Morgan fingerprint density at radius 1 is 1.63 bits per heavy atom. The van der Waals surface area contributed by atoms with Crippen LogP contribution in [0.4, 0.5) is 0 Å². The minimum Gasteiger partial charge on any atom is -0.469 e. The maximum Gasteiger partial charge on any atom is 0.309 e. The zero-order chi connectivity index (χ0) is 14.2. The summed E-state index contributed by atoms with van der Waals surface area (Å²) in [5.41, 5.74) is 1.57. The Balaban J connectivity index is 2.45. The number of primary sulfonamides is 1. The average molecular weight is 416 g/mol. The number of methoxy groups -OCH3 is 1. The number of sulfonamides is 1. The van der Waals surface area contributed by atoms with Gasteiger partial charge in [0.05, 0.1) is 13.0 Å². The van der Waals surface area contributed by atoms with Gasteiger partial charge in [0.2, 0.25) is 10.0 Å². The number of nitrogens with two attached hydrogens (primary N) is 1. The molecule has 1 aromatic rings. The Morgan fingerprint density at radius 2 is 2.32 bits per heavy atom. The van der Waals surface area contributed by atoms with Crippen LogP contribution in [0.2, 0.25) is 0 Å². The standard InChI is InChI=1S/C10H13IN2O4S2/c1-17-10(14)6-2-3-7-8(4-6)13(18-11)5-9(7)19(12,15)16/h5-6H,2-4H2,1H3,(H2,12,15,16). The van der Waals surface area contributed by atoms with Gasteiger partial charge in [-0.05, 0) is 18.4 Å². The van der Waals surface area contributed by atoms with E-state index in [1.807, 2.05) is 0 Å². The van der Waals surface area contributed by atoms with E-state index in [9.17, 15) is 13.2 Å². The number of carbonyl (C=O) groups excluding carboxylic acids is 1. The van der Waals surface area contributed by atoms with Gasteiger partial charge in [0.15, 0.2) is 0 Å². The van der Waals surface area contributed by atoms with E-state index in [4.69, 9.17) is 9.88 Å². The minimum absolute atomic E-state index is 0.162. The largest absolute Gasteiger partial charge is 0.469 e. The predicted octanol–water partition coefficient (Wildman–Crippen LogP) is 1.26. The van der Waals surface area contributed by atoms with Crippen LogP contribution in [-0.2, 0) is 32.4 Å². The molecule has 1 aromatic heterocycles. The fourth-order valence-electron chi connectivity index (χ4n) is 2.35. The molecule has 1 aliphatic carbocycles. The monoisotopic (exact) mass is 416 g/mol. The molecule has 106 valence electrons. The summed E-state index contributed by atoms with van der Waals surface area (Å²) in [5.74, 6) is -0.475. The summed E-state index contributed by atoms with van der Waals surface area (Å²) >= 11 is 2.06. The van der Waals surface area contributed by atoms with Crippen molar-refractivity contribution in [2.75, 3.05) is 7.11 Å². The molecule has 0 fully saturated rings. The van der Waals surface area contributed by atoms with E-state index in [1.54, 1.807) is 3.97 Å². The second-order valence-corrected chi connectivity index (χ2v) is 7.56. The zero-order valence-corrected chi connectivity index (χ0v) is 13.9. The number of halogens is 1. The van der Waals surface area contributed by atoms with Gasteiger partial charge in [0.1, 0.15) is 4.90 Å². The lowest BCUT2D eigenvalue weighted by Gasteiger charge is -2.21. The summed E-state index contributed by atoms with van der Waals surface area (Å²) in [6.07, 6.45) is 3.10. The van der Waals surface area contributed by atoms with Crippen LogP contribution in [0.25, 0.3) is 0 Å². The van der Waals surface area contributed by atoms with E-state index in [2.05, 4.69) is 21.2 Å². The summed E-state index contributed by atoms with van der Waals surface area (Å²) in [6, 6.07) is 0. The van der Waals surface area contributed by atoms with Crippen molar-refractivity contribution in [3.8, 4) is 0 Å². The van der Waals surface area contributed by atoms with Gasteiger partial charge in [-0.1, -0.05) is 0 Å². The van der Waals surface area contributed by atoms with Crippen molar-refractivity contribution >= 4 is 46.3 Å². The first kappa shape index (κ1) is 15.1. The molecule has 0 saturated heterocycles. The maximum absolute atomic E-state index is 11.6. The number of aromatic nitrogens is 1. The molecule has 1 atom stereocenters. The summed E-state index contributed by atoms with van der Waals surface area (Å²) < 4.78 is 29.6. The van der Waals surface area contributed by atoms with Gasteiger partial charge in [0, 0.05) is 48.6 Å². The normalized spacial score (nSPS) is 19.0. The van der Waals surface area contributed by atoms with Crippen LogP contribution < -0.4 is 5.14 Å². The molecule has 9 heteroatoms. The third-order valence-electron chi connectivity index (χ3n) is 3.24. The average Bonchev–Trinajstić information content (AvgIpc) is 2.75. The van der Waals surface area contributed by atoms with Gasteiger partial charge in [-0.2, -0.15) is 0 Å². The Kier molecular flexibility index (Phi) is 4.48. The summed E-state index contributed by atoms with van der Waals surface area (Å²) in [6.45, 7) is 0. The Bertz CT molecular complexity index is 611. The Morgan fingerprint density at radius 3 is 2.84 bits per heavy atom. The maximum atomic E-state index is 11.6. The first-order chi connectivity index (χ1) is 8.88. The van der Waals surface area contributed by atoms with Gasteiger partial charge in [-0.3, -0.25) is 8.77 Å². The SMILES string of the molecule is COC(=O)C1CCc2c(S(N)(=O)=O)cn(SI)c2C1. The fraction of sp³-hybridized carbons (Fsp3) is 0.500. The number of nitrogens with zero attached hydrogens (tertiary/aromatic N) is 1. The molecule has 0 aromatic carbocycles. The van der Waals surface area contributed by atoms with Crippen molar-refractivity contribution in [2.24, 2.45) is 11.1 Å². The molecule has 19 heavy (non-hydrogen) atoms. The molecular formula is C10H13IN2O4S2. The van der Waals surface area contributed by atoms with E-state index in [0.717, 1.165) is 11.3 Å². The molecule has 0 spiro atoms. The molecule has 0 bridgehead atoms. The first-order valence-electron chi connectivity index (χ1n) is 5.51. The number of fused-ring (bicyclic) bond motifs is 1. The molecule has 0 radical (unpaired) electrons. The molecule has 0 saturated carbocycles. The number of hydrogen-bond acceptors (Lipinski definition) is 5. The smallest absolute Gasteiger partial charge is 0.309 e. The van der Waals surface area contributed by atoms with Crippen molar-refractivity contribution in [1.82, 2.24) is 3.97 Å². The lowest BCUT2D eigenvalue weighted by Crippen LogP contribution is -2.25. The highest BCUT2D eigenvalue weighted by molar-refractivity contribution is 14.2. The number of ether oxygens (including phenoxy) is 1. The molecule has 2 N–H and O–H groups in total. The molecule has 1 aliphatic rings. The van der Waals surface area contributed by atoms with Crippen LogP contribution in [-0.4, -0.2) is 25.5 Å². The van der Waals surface area contributed by atoms with E-state index >= 15 is 0 Å². The van der Waals surface area contributed by atoms with Gasteiger partial charge >= 0.3 is 5.97 Å². The zero-order valence-electron chi connectivity index (χ0n) is 10.1. The van der Waals surface area contributed by atoms with Gasteiger partial charge < -0.3 is 4.74 Å². The van der Waals surface area contributed by atoms with Crippen LogP contribution in [0.1, 0.15) is 17.7 Å². The second-order valence-electron chi connectivity index (χ2n) is 4.32.